The summed E-state index contributed by atoms with van der Waals surface area (Å²) in [5, 5.41) is 20.5. The topological polar surface area (TPSA) is 130 Å². The number of carbonyl (C=O) groups is 2. The van der Waals surface area contributed by atoms with Gasteiger partial charge in [-0.25, -0.2) is 0 Å². The molecule has 10 heteroatoms. The van der Waals surface area contributed by atoms with Gasteiger partial charge in [0.2, 0.25) is 0 Å². The van der Waals surface area contributed by atoms with Crippen LogP contribution in [0, 0.1) is 17.8 Å². The maximum Gasteiger partial charge on any atom is 0.308 e. The van der Waals surface area contributed by atoms with Crippen LogP contribution in [0.5, 0.6) is 11.5 Å². The molecular weight excluding hydrogens is 604 g/mol. The smallest absolute Gasteiger partial charge is 0.308 e. The van der Waals surface area contributed by atoms with Gasteiger partial charge in [0.25, 0.3) is 0 Å². The Labute approximate surface area is 280 Å². The van der Waals surface area contributed by atoms with Crippen molar-refractivity contribution >= 4 is 11.9 Å². The van der Waals surface area contributed by atoms with Gasteiger partial charge in [-0.3, -0.25) is 9.59 Å². The number of rotatable bonds is 20. The molecule has 2 rings (SSSR count). The van der Waals surface area contributed by atoms with E-state index in [1.165, 1.54) is 0 Å². The monoisotopic (exact) mass is 660 g/mol. The molecule has 0 radical (unpaired) electrons. The Morgan fingerprint density at radius 3 is 1.49 bits per heavy atom. The number of ether oxygens (including phenoxy) is 6. The van der Waals surface area contributed by atoms with Crippen molar-refractivity contribution in [2.75, 3.05) is 19.8 Å². The van der Waals surface area contributed by atoms with Crippen molar-refractivity contribution < 1.29 is 48.2 Å². The van der Waals surface area contributed by atoms with Gasteiger partial charge in [-0.1, -0.05) is 79.7 Å². The van der Waals surface area contributed by atoms with Crippen LogP contribution in [0.15, 0.2) is 48.5 Å². The third-order valence-electron chi connectivity index (χ3n) is 7.47. The average Bonchev–Trinajstić information content (AvgIpc) is 3.00. The molecule has 10 nitrogen and oxygen atoms in total. The lowest BCUT2D eigenvalue weighted by Crippen LogP contribution is -2.35. The quantitative estimate of drug-likeness (QED) is 0.128. The van der Waals surface area contributed by atoms with E-state index in [0.29, 0.717) is 11.5 Å². The fourth-order valence-electron chi connectivity index (χ4n) is 4.30. The fourth-order valence-corrected chi connectivity index (χ4v) is 4.30. The standard InChI is InChI=1S/C37H56O10/c1-23(2)34(39)44-22-32(47-36(41)25(5)6)21-43-30-17-13-28(14-18-30)37(9,10)27-11-15-29(16-12-27)42-20-31(46-35(40)24(3)4)19-33(38)45-26(7)8/h11-18,23-26,31-32,35-36,40-41H,19-22H2,1-10H3. The molecule has 2 N–H and O–H groups in total. The van der Waals surface area contributed by atoms with Crippen LogP contribution in [0.1, 0.15) is 86.8 Å². The van der Waals surface area contributed by atoms with Crippen molar-refractivity contribution in [1.82, 2.24) is 0 Å². The molecule has 0 aliphatic carbocycles. The van der Waals surface area contributed by atoms with Crippen LogP contribution >= 0.6 is 0 Å². The van der Waals surface area contributed by atoms with E-state index in [0.717, 1.165) is 11.1 Å². The molecule has 0 saturated carbocycles. The lowest BCUT2D eigenvalue weighted by Gasteiger charge is -2.27. The average molecular weight is 661 g/mol. The minimum absolute atomic E-state index is 0.0239. The Hall–Kier alpha value is -3.18. The molecule has 0 aliphatic heterocycles. The van der Waals surface area contributed by atoms with E-state index in [1.54, 1.807) is 27.7 Å². The molecule has 264 valence electrons. The SMILES string of the molecule is CC(C)OC(=O)CC(COc1ccc(C(C)(C)c2ccc(OCC(COC(=O)C(C)C)OC(O)C(C)C)cc2)cc1)OC(O)C(C)C. The first kappa shape index (κ1) is 40.0. The van der Waals surface area contributed by atoms with Gasteiger partial charge in [0.15, 0.2) is 12.6 Å². The Morgan fingerprint density at radius 1 is 0.660 bits per heavy atom. The molecule has 0 aromatic heterocycles. The van der Waals surface area contributed by atoms with Crippen LogP contribution in [0.2, 0.25) is 0 Å². The van der Waals surface area contributed by atoms with E-state index in [1.807, 2.05) is 76.2 Å². The molecule has 2 aromatic rings. The number of hydrogen-bond donors (Lipinski definition) is 2. The summed E-state index contributed by atoms with van der Waals surface area (Å²) in [5.41, 5.74) is 1.78. The van der Waals surface area contributed by atoms with E-state index in [2.05, 4.69) is 13.8 Å². The Morgan fingerprint density at radius 2 is 1.09 bits per heavy atom. The molecule has 0 bridgehead atoms. The summed E-state index contributed by atoms with van der Waals surface area (Å²) in [6, 6.07) is 15.5. The van der Waals surface area contributed by atoms with Crippen LogP contribution in [0.3, 0.4) is 0 Å². The number of carbonyl (C=O) groups excluding carboxylic acids is 2. The highest BCUT2D eigenvalue weighted by Gasteiger charge is 2.26. The van der Waals surface area contributed by atoms with Crippen LogP contribution < -0.4 is 9.47 Å². The van der Waals surface area contributed by atoms with Gasteiger partial charge >= 0.3 is 11.9 Å². The van der Waals surface area contributed by atoms with E-state index < -0.39 is 30.8 Å². The highest BCUT2D eigenvalue weighted by Crippen LogP contribution is 2.33. The second-order valence-corrected chi connectivity index (χ2v) is 13.6. The molecule has 0 spiro atoms. The number of hydrogen-bond acceptors (Lipinski definition) is 10. The van der Waals surface area contributed by atoms with Crippen molar-refractivity contribution in [1.29, 1.82) is 0 Å². The molecule has 2 aromatic carbocycles. The summed E-state index contributed by atoms with van der Waals surface area (Å²) in [5.74, 6) is -0.0681. The van der Waals surface area contributed by atoms with Crippen LogP contribution in [-0.2, 0) is 34.0 Å². The van der Waals surface area contributed by atoms with Crippen LogP contribution in [0.4, 0.5) is 0 Å². The molecule has 0 saturated heterocycles. The van der Waals surface area contributed by atoms with Crippen LogP contribution in [-0.4, -0.2) is 72.9 Å². The van der Waals surface area contributed by atoms with Crippen LogP contribution in [0.25, 0.3) is 0 Å². The lowest BCUT2D eigenvalue weighted by atomic mass is 9.78. The van der Waals surface area contributed by atoms with Crippen molar-refractivity contribution in [3.8, 4) is 11.5 Å². The van der Waals surface area contributed by atoms with E-state index in [9.17, 15) is 19.8 Å². The summed E-state index contributed by atoms with van der Waals surface area (Å²) in [6.45, 7) is 18.8. The molecule has 4 atom stereocenters. The zero-order valence-corrected chi connectivity index (χ0v) is 29.7. The Balaban J connectivity index is 2.04. The third-order valence-corrected chi connectivity index (χ3v) is 7.47. The summed E-state index contributed by atoms with van der Waals surface area (Å²) < 4.78 is 33.9. The first-order chi connectivity index (χ1) is 22.0. The molecule has 47 heavy (non-hydrogen) atoms. The molecule has 0 amide bonds. The maximum absolute atomic E-state index is 12.3. The van der Waals surface area contributed by atoms with Gasteiger partial charge in [0.1, 0.15) is 43.5 Å². The summed E-state index contributed by atoms with van der Waals surface area (Å²) in [6.07, 6.45) is -3.63. The zero-order valence-electron chi connectivity index (χ0n) is 29.7. The summed E-state index contributed by atoms with van der Waals surface area (Å²) in [4.78, 5) is 24.2. The predicted molar refractivity (Wildman–Crippen MR) is 179 cm³/mol. The Bertz CT molecular complexity index is 1200. The first-order valence-corrected chi connectivity index (χ1v) is 16.5. The van der Waals surface area contributed by atoms with Gasteiger partial charge in [0, 0.05) is 17.3 Å². The lowest BCUT2D eigenvalue weighted by molar-refractivity contribution is -0.185. The highest BCUT2D eigenvalue weighted by molar-refractivity contribution is 5.71. The summed E-state index contributed by atoms with van der Waals surface area (Å²) in [7, 11) is 0. The second kappa shape index (κ2) is 19.0. The number of esters is 2. The van der Waals surface area contributed by atoms with Crippen molar-refractivity contribution in [2.24, 2.45) is 17.8 Å². The molecular formula is C37H56O10. The fraction of sp³-hybridized carbons (Fsp3) is 0.622. The maximum atomic E-state index is 12.3. The minimum Gasteiger partial charge on any atom is -0.491 e. The zero-order chi connectivity index (χ0) is 35.3. The first-order valence-electron chi connectivity index (χ1n) is 16.5. The number of benzene rings is 2. The second-order valence-electron chi connectivity index (χ2n) is 13.6. The van der Waals surface area contributed by atoms with E-state index in [-0.39, 0.29) is 61.5 Å². The molecule has 4 unspecified atom stereocenters. The predicted octanol–water partition coefficient (Wildman–Crippen LogP) is 6.03. The highest BCUT2D eigenvalue weighted by atomic mass is 16.6. The third kappa shape index (κ3) is 13.8. The number of aliphatic hydroxyl groups is 2. The summed E-state index contributed by atoms with van der Waals surface area (Å²) >= 11 is 0. The normalized spacial score (nSPS) is 14.6. The number of aliphatic hydroxyl groups excluding tert-OH is 2. The minimum atomic E-state index is -1.03. The van der Waals surface area contributed by atoms with Gasteiger partial charge in [-0.05, 0) is 49.2 Å². The van der Waals surface area contributed by atoms with Crippen molar-refractivity contribution in [2.45, 2.75) is 112 Å². The Kier molecular flexibility index (Phi) is 16.1. The van der Waals surface area contributed by atoms with Gasteiger partial charge < -0.3 is 38.6 Å². The van der Waals surface area contributed by atoms with E-state index >= 15 is 0 Å². The van der Waals surface area contributed by atoms with Gasteiger partial charge in [-0.15, -0.1) is 0 Å². The van der Waals surface area contributed by atoms with Crippen molar-refractivity contribution in [3.05, 3.63) is 59.7 Å². The molecule has 0 heterocycles. The largest absolute Gasteiger partial charge is 0.491 e. The van der Waals surface area contributed by atoms with Gasteiger partial charge in [0.05, 0.1) is 18.4 Å². The molecule has 0 aliphatic rings. The van der Waals surface area contributed by atoms with Crippen molar-refractivity contribution in [3.63, 3.8) is 0 Å². The van der Waals surface area contributed by atoms with E-state index in [4.69, 9.17) is 28.4 Å². The van der Waals surface area contributed by atoms with Gasteiger partial charge in [-0.2, -0.15) is 0 Å². The molecule has 0 fully saturated rings.